The van der Waals surface area contributed by atoms with Crippen LogP contribution < -0.4 is 4.90 Å². The quantitative estimate of drug-likeness (QED) is 0.885. The number of benzene rings is 1. The third kappa shape index (κ3) is 4.38. The van der Waals surface area contributed by atoms with Gasteiger partial charge in [0.05, 0.1) is 11.3 Å². The molecule has 6 heteroatoms. The molecule has 2 rings (SSSR count). The van der Waals surface area contributed by atoms with E-state index in [2.05, 4.69) is 16.8 Å². The van der Waals surface area contributed by atoms with Gasteiger partial charge in [-0.2, -0.15) is 0 Å². The Morgan fingerprint density at radius 2 is 1.84 bits per heavy atom. The molecule has 0 aliphatic carbocycles. The first-order chi connectivity index (χ1) is 8.18. The largest absolute Gasteiger partial charge is 0.478 e. The lowest BCUT2D eigenvalue weighted by atomic mass is 10.1. The second-order valence-corrected chi connectivity index (χ2v) is 4.47. The van der Waals surface area contributed by atoms with Crippen LogP contribution in [-0.4, -0.2) is 54.7 Å². The second-order valence-electron chi connectivity index (χ2n) is 4.47. The number of carboxylic acid groups (broad SMARTS) is 1. The van der Waals surface area contributed by atoms with Gasteiger partial charge in [0.2, 0.25) is 0 Å². The number of rotatable bonds is 2. The number of aromatic carboxylic acids is 1. The van der Waals surface area contributed by atoms with Crippen molar-refractivity contribution in [2.24, 2.45) is 0 Å². The van der Waals surface area contributed by atoms with Gasteiger partial charge in [-0.1, -0.05) is 12.1 Å². The molecule has 0 spiro atoms. The molecule has 1 aliphatic heterocycles. The fourth-order valence-corrected chi connectivity index (χ4v) is 2.22. The summed E-state index contributed by atoms with van der Waals surface area (Å²) >= 11 is 0. The first-order valence-corrected chi connectivity index (χ1v) is 5.94. The molecule has 0 aromatic heterocycles. The van der Waals surface area contributed by atoms with Crippen molar-refractivity contribution >= 4 is 24.1 Å². The van der Waals surface area contributed by atoms with Gasteiger partial charge in [0.1, 0.15) is 0 Å². The average molecular weight is 289 g/mol. The Hall–Kier alpha value is -1.30. The van der Waals surface area contributed by atoms with Crippen molar-refractivity contribution in [2.45, 2.75) is 6.42 Å². The zero-order valence-corrected chi connectivity index (χ0v) is 11.8. The lowest BCUT2D eigenvalue weighted by Gasteiger charge is -2.24. The number of carboxylic acids is 1. The zero-order valence-electron chi connectivity index (χ0n) is 11.0. The summed E-state index contributed by atoms with van der Waals surface area (Å²) in [7, 11) is 2.10. The van der Waals surface area contributed by atoms with E-state index in [1.165, 1.54) is 0 Å². The topological polar surface area (TPSA) is 75.3 Å². The molecule has 1 aliphatic rings. The molecule has 0 bridgehead atoms. The monoisotopic (exact) mass is 288 g/mol. The van der Waals surface area contributed by atoms with Crippen LogP contribution in [0.15, 0.2) is 24.3 Å². The number of anilines is 1. The van der Waals surface area contributed by atoms with Gasteiger partial charge in [0, 0.05) is 19.6 Å². The summed E-state index contributed by atoms with van der Waals surface area (Å²) in [5, 5.41) is 9.18. The molecule has 0 unspecified atom stereocenters. The van der Waals surface area contributed by atoms with Crippen LogP contribution in [0.3, 0.4) is 0 Å². The minimum absolute atomic E-state index is 0. The highest BCUT2D eigenvalue weighted by molar-refractivity contribution is 5.94. The van der Waals surface area contributed by atoms with Crippen molar-refractivity contribution in [2.75, 3.05) is 38.1 Å². The fourth-order valence-electron chi connectivity index (χ4n) is 2.22. The number of carbonyl (C=O) groups is 1. The van der Waals surface area contributed by atoms with E-state index in [0.29, 0.717) is 5.56 Å². The Labute approximate surface area is 119 Å². The van der Waals surface area contributed by atoms with Crippen LogP contribution in [0.1, 0.15) is 16.8 Å². The van der Waals surface area contributed by atoms with Crippen molar-refractivity contribution in [1.82, 2.24) is 4.90 Å². The van der Waals surface area contributed by atoms with Gasteiger partial charge >= 0.3 is 5.97 Å². The SMILES string of the molecule is CN1CCCN(c2ccccc2C(=O)O)CC1.Cl.O. The van der Waals surface area contributed by atoms with Crippen molar-refractivity contribution in [3.05, 3.63) is 29.8 Å². The molecule has 5 nitrogen and oxygen atoms in total. The lowest BCUT2D eigenvalue weighted by Crippen LogP contribution is -2.29. The summed E-state index contributed by atoms with van der Waals surface area (Å²) < 4.78 is 0. The van der Waals surface area contributed by atoms with Crippen LogP contribution in [0, 0.1) is 0 Å². The van der Waals surface area contributed by atoms with Crippen molar-refractivity contribution in [3.8, 4) is 0 Å². The molecule has 1 heterocycles. The maximum atomic E-state index is 11.2. The van der Waals surface area contributed by atoms with E-state index >= 15 is 0 Å². The Morgan fingerprint density at radius 1 is 1.16 bits per heavy atom. The van der Waals surface area contributed by atoms with Gasteiger partial charge in [-0.15, -0.1) is 12.4 Å². The van der Waals surface area contributed by atoms with Crippen LogP contribution in [-0.2, 0) is 0 Å². The number of hydrogen-bond donors (Lipinski definition) is 1. The van der Waals surface area contributed by atoms with E-state index in [1.54, 1.807) is 12.1 Å². The maximum absolute atomic E-state index is 11.2. The first kappa shape index (κ1) is 17.7. The Bertz CT molecular complexity index is 415. The summed E-state index contributed by atoms with van der Waals surface area (Å²) in [5.41, 5.74) is 1.24. The highest BCUT2D eigenvalue weighted by atomic mass is 35.5. The average Bonchev–Trinajstić information content (AvgIpc) is 2.54. The molecule has 0 atom stereocenters. The highest BCUT2D eigenvalue weighted by Gasteiger charge is 2.17. The number of halogens is 1. The van der Waals surface area contributed by atoms with E-state index in [0.717, 1.165) is 38.3 Å². The molecule has 1 aromatic carbocycles. The Morgan fingerprint density at radius 3 is 2.53 bits per heavy atom. The van der Waals surface area contributed by atoms with E-state index in [-0.39, 0.29) is 17.9 Å². The van der Waals surface area contributed by atoms with Gasteiger partial charge in [-0.25, -0.2) is 4.79 Å². The smallest absolute Gasteiger partial charge is 0.337 e. The van der Waals surface area contributed by atoms with Gasteiger partial charge in [-0.3, -0.25) is 0 Å². The molecule has 1 aromatic rings. The van der Waals surface area contributed by atoms with Crippen molar-refractivity contribution in [1.29, 1.82) is 0 Å². The molecule has 0 radical (unpaired) electrons. The zero-order chi connectivity index (χ0) is 12.3. The Kier molecular flexibility index (Phi) is 7.44. The third-order valence-corrected chi connectivity index (χ3v) is 3.19. The third-order valence-electron chi connectivity index (χ3n) is 3.19. The number of nitrogens with zero attached hydrogens (tertiary/aromatic N) is 2. The molecular weight excluding hydrogens is 268 g/mol. The molecular formula is C13H21ClN2O3. The van der Waals surface area contributed by atoms with Crippen LogP contribution in [0.4, 0.5) is 5.69 Å². The molecule has 0 amide bonds. The summed E-state index contributed by atoms with van der Waals surface area (Å²) in [4.78, 5) is 15.6. The van der Waals surface area contributed by atoms with Gasteiger partial charge in [0.25, 0.3) is 0 Å². The summed E-state index contributed by atoms with van der Waals surface area (Å²) in [6.07, 6.45) is 1.07. The standard InChI is InChI=1S/C13H18N2O2.ClH.H2O/c1-14-7-4-8-15(10-9-14)12-6-3-2-5-11(12)13(16)17;;/h2-3,5-6H,4,7-10H2,1H3,(H,16,17);1H;1H2. The first-order valence-electron chi connectivity index (χ1n) is 5.94. The lowest BCUT2D eigenvalue weighted by molar-refractivity contribution is 0.0697. The molecule has 1 fully saturated rings. The van der Waals surface area contributed by atoms with Gasteiger partial charge < -0.3 is 20.4 Å². The number of likely N-dealkylation sites (N-methyl/N-ethyl adjacent to an activating group) is 1. The number of hydrogen-bond acceptors (Lipinski definition) is 3. The van der Waals surface area contributed by atoms with Crippen LogP contribution in [0.25, 0.3) is 0 Å². The van der Waals surface area contributed by atoms with Gasteiger partial charge in [-0.05, 0) is 32.1 Å². The fraction of sp³-hybridized carbons (Fsp3) is 0.462. The minimum atomic E-state index is -0.849. The van der Waals surface area contributed by atoms with Crippen LogP contribution in [0.5, 0.6) is 0 Å². The predicted molar refractivity (Wildman–Crippen MR) is 78.6 cm³/mol. The van der Waals surface area contributed by atoms with Crippen LogP contribution in [0.2, 0.25) is 0 Å². The van der Waals surface area contributed by atoms with Crippen molar-refractivity contribution in [3.63, 3.8) is 0 Å². The normalized spacial score (nSPS) is 15.9. The highest BCUT2D eigenvalue weighted by Crippen LogP contribution is 2.21. The minimum Gasteiger partial charge on any atom is -0.478 e. The van der Waals surface area contributed by atoms with Crippen LogP contribution >= 0.6 is 12.4 Å². The molecule has 3 N–H and O–H groups in total. The van der Waals surface area contributed by atoms with E-state index in [1.807, 2.05) is 12.1 Å². The number of para-hydroxylation sites is 1. The summed E-state index contributed by atoms with van der Waals surface area (Å²) in [5.74, 6) is -0.849. The maximum Gasteiger partial charge on any atom is 0.337 e. The van der Waals surface area contributed by atoms with Gasteiger partial charge in [0.15, 0.2) is 0 Å². The summed E-state index contributed by atoms with van der Waals surface area (Å²) in [6, 6.07) is 7.24. The van der Waals surface area contributed by atoms with E-state index < -0.39 is 5.97 Å². The predicted octanol–water partition coefficient (Wildman–Crippen LogP) is 1.12. The Balaban J connectivity index is 0.00000162. The van der Waals surface area contributed by atoms with E-state index in [9.17, 15) is 9.90 Å². The molecule has 108 valence electrons. The summed E-state index contributed by atoms with van der Waals surface area (Å²) in [6.45, 7) is 3.87. The molecule has 1 saturated heterocycles. The molecule has 19 heavy (non-hydrogen) atoms. The van der Waals surface area contributed by atoms with E-state index in [4.69, 9.17) is 0 Å². The van der Waals surface area contributed by atoms with Crippen molar-refractivity contribution < 1.29 is 15.4 Å². The second kappa shape index (κ2) is 7.99. The molecule has 0 saturated carbocycles.